The molecule has 1 saturated heterocycles. The van der Waals surface area contributed by atoms with Gasteiger partial charge in [-0.15, -0.1) is 0 Å². The predicted molar refractivity (Wildman–Crippen MR) is 99.6 cm³/mol. The molecule has 0 bridgehead atoms. The van der Waals surface area contributed by atoms with Gasteiger partial charge < -0.3 is 15.4 Å². The number of methoxy groups -OCH3 is 1. The quantitative estimate of drug-likeness (QED) is 0.597. The smallest absolute Gasteiger partial charge is 0.271 e. The molecule has 1 fully saturated rings. The molecule has 10 heteroatoms. The largest absolute Gasteiger partial charge is 0.495 e. The van der Waals surface area contributed by atoms with Crippen molar-refractivity contribution in [3.05, 3.63) is 28.3 Å². The first kappa shape index (κ1) is 19.7. The van der Waals surface area contributed by atoms with Gasteiger partial charge in [0.2, 0.25) is 11.8 Å². The number of nitro benzene ring substituents is 1. The molecule has 0 aliphatic carbocycles. The van der Waals surface area contributed by atoms with E-state index in [4.69, 9.17) is 4.74 Å². The van der Waals surface area contributed by atoms with E-state index in [2.05, 4.69) is 15.6 Å². The monoisotopic (exact) mass is 380 g/mol. The van der Waals surface area contributed by atoms with Crippen molar-refractivity contribution < 1.29 is 19.2 Å². The van der Waals surface area contributed by atoms with Gasteiger partial charge in [-0.2, -0.15) is 0 Å². The molecule has 2 amide bonds. The second-order valence-corrected chi connectivity index (χ2v) is 7.77. The fourth-order valence-electron chi connectivity index (χ4n) is 2.17. The maximum atomic E-state index is 12.3. The summed E-state index contributed by atoms with van der Waals surface area (Å²) >= 11 is 1.19. The zero-order valence-electron chi connectivity index (χ0n) is 14.9. The third kappa shape index (κ3) is 5.19. The summed E-state index contributed by atoms with van der Waals surface area (Å²) in [5.41, 5.74) is -0.337. The maximum Gasteiger partial charge on any atom is 0.271 e. The summed E-state index contributed by atoms with van der Waals surface area (Å²) in [6.07, 6.45) is -0.0918. The van der Waals surface area contributed by atoms with Gasteiger partial charge in [-0.1, -0.05) is 11.8 Å². The molecule has 9 nitrogen and oxygen atoms in total. The van der Waals surface area contributed by atoms with Crippen molar-refractivity contribution in [2.75, 3.05) is 12.4 Å². The van der Waals surface area contributed by atoms with Crippen LogP contribution in [-0.2, 0) is 9.59 Å². The summed E-state index contributed by atoms with van der Waals surface area (Å²) < 4.78 is 5.10. The summed E-state index contributed by atoms with van der Waals surface area (Å²) in [4.78, 5) is 39.0. The minimum atomic E-state index is -0.610. The molecule has 1 aliphatic heterocycles. The lowest BCUT2D eigenvalue weighted by molar-refractivity contribution is -0.384. The minimum absolute atomic E-state index is 0.0918. The van der Waals surface area contributed by atoms with E-state index in [1.54, 1.807) is 0 Å². The summed E-state index contributed by atoms with van der Waals surface area (Å²) in [6.45, 7) is 5.71. The third-order valence-corrected chi connectivity index (χ3v) is 4.33. The van der Waals surface area contributed by atoms with E-state index in [1.165, 1.54) is 37.1 Å². The van der Waals surface area contributed by atoms with Gasteiger partial charge in [-0.3, -0.25) is 24.7 Å². The number of nitrogens with zero attached hydrogens (tertiary/aromatic N) is 2. The molecule has 0 unspecified atom stereocenters. The van der Waals surface area contributed by atoms with Crippen LogP contribution in [0.2, 0.25) is 0 Å². The number of ether oxygens (including phenoxy) is 1. The number of amidine groups is 1. The fourth-order valence-corrected chi connectivity index (χ4v) is 3.33. The number of nitro groups is 1. The van der Waals surface area contributed by atoms with E-state index in [-0.39, 0.29) is 29.2 Å². The molecule has 0 spiro atoms. The molecule has 0 saturated carbocycles. The molecule has 1 heterocycles. The molecular formula is C16H20N4O5S. The Morgan fingerprint density at radius 2 is 2.15 bits per heavy atom. The van der Waals surface area contributed by atoms with Crippen LogP contribution in [0.1, 0.15) is 27.2 Å². The molecule has 1 aromatic carbocycles. The highest BCUT2D eigenvalue weighted by Crippen LogP contribution is 2.30. The van der Waals surface area contributed by atoms with Crippen LogP contribution in [0.4, 0.5) is 11.4 Å². The molecule has 2 rings (SSSR count). The van der Waals surface area contributed by atoms with Crippen molar-refractivity contribution >= 4 is 40.1 Å². The third-order valence-electron chi connectivity index (χ3n) is 3.25. The molecule has 26 heavy (non-hydrogen) atoms. The topological polar surface area (TPSA) is 123 Å². The molecule has 1 aliphatic rings. The number of non-ortho nitro benzene ring substituents is 1. The Hall–Kier alpha value is -2.62. The number of amides is 2. The summed E-state index contributed by atoms with van der Waals surface area (Å²) in [6, 6.07) is 3.90. The zero-order valence-corrected chi connectivity index (χ0v) is 15.7. The van der Waals surface area contributed by atoms with Crippen molar-refractivity contribution in [2.45, 2.75) is 38.0 Å². The van der Waals surface area contributed by atoms with Gasteiger partial charge in [-0.05, 0) is 26.8 Å². The molecule has 0 radical (unpaired) electrons. The maximum absolute atomic E-state index is 12.3. The van der Waals surface area contributed by atoms with E-state index in [1.807, 2.05) is 20.8 Å². The lowest BCUT2D eigenvalue weighted by atomic mass is 10.1. The number of thioether (sulfide) groups is 1. The second kappa shape index (κ2) is 7.73. The molecule has 0 aromatic heterocycles. The Morgan fingerprint density at radius 3 is 2.73 bits per heavy atom. The average molecular weight is 380 g/mol. The van der Waals surface area contributed by atoms with Gasteiger partial charge in [0.05, 0.1) is 23.3 Å². The van der Waals surface area contributed by atoms with Gasteiger partial charge in [0.15, 0.2) is 5.17 Å². The van der Waals surface area contributed by atoms with Crippen molar-refractivity contribution in [2.24, 2.45) is 4.99 Å². The average Bonchev–Trinajstić information content (AvgIpc) is 2.84. The van der Waals surface area contributed by atoms with Crippen LogP contribution in [0.5, 0.6) is 5.75 Å². The van der Waals surface area contributed by atoms with Crippen LogP contribution in [0, 0.1) is 10.1 Å². The van der Waals surface area contributed by atoms with Crippen LogP contribution in [0.25, 0.3) is 0 Å². The van der Waals surface area contributed by atoms with Gasteiger partial charge in [0.1, 0.15) is 11.0 Å². The Morgan fingerprint density at radius 1 is 1.46 bits per heavy atom. The Bertz CT molecular complexity index is 772. The molecular weight excluding hydrogens is 360 g/mol. The number of rotatable bonds is 5. The van der Waals surface area contributed by atoms with E-state index < -0.39 is 16.1 Å². The van der Waals surface area contributed by atoms with Crippen molar-refractivity contribution in [1.29, 1.82) is 0 Å². The summed E-state index contributed by atoms with van der Waals surface area (Å²) in [5, 5.41) is 16.0. The molecule has 140 valence electrons. The lowest BCUT2D eigenvalue weighted by Gasteiger charge is -2.12. The zero-order chi connectivity index (χ0) is 19.5. The molecule has 2 N–H and O–H groups in total. The fraction of sp³-hybridized carbons (Fsp3) is 0.438. The van der Waals surface area contributed by atoms with Gasteiger partial charge >= 0.3 is 0 Å². The van der Waals surface area contributed by atoms with Gasteiger partial charge in [-0.25, -0.2) is 0 Å². The number of carbonyl (C=O) groups is 2. The SMILES string of the molecule is COc1ccc([N+](=O)[O-])cc1NC(=O)C[C@@H]1SC(=NC(C)(C)C)NC1=O. The molecule has 1 atom stereocenters. The number of aliphatic imine (C=N–C) groups is 1. The second-order valence-electron chi connectivity index (χ2n) is 6.58. The van der Waals surface area contributed by atoms with Gasteiger partial charge in [0.25, 0.3) is 5.69 Å². The van der Waals surface area contributed by atoms with E-state index in [0.717, 1.165) is 0 Å². The normalized spacial score (nSPS) is 18.5. The van der Waals surface area contributed by atoms with Crippen LogP contribution in [0.3, 0.4) is 0 Å². The number of hydrogen-bond donors (Lipinski definition) is 2. The van der Waals surface area contributed by atoms with E-state index >= 15 is 0 Å². The summed E-state index contributed by atoms with van der Waals surface area (Å²) in [5.74, 6) is -0.449. The highest BCUT2D eigenvalue weighted by molar-refractivity contribution is 8.15. The Kier molecular flexibility index (Phi) is 5.86. The number of hydrogen-bond acceptors (Lipinski definition) is 7. The minimum Gasteiger partial charge on any atom is -0.495 e. The molecule has 1 aromatic rings. The highest BCUT2D eigenvalue weighted by Gasteiger charge is 2.33. The first-order chi connectivity index (χ1) is 12.1. The van der Waals surface area contributed by atoms with Crippen molar-refractivity contribution in [1.82, 2.24) is 5.32 Å². The van der Waals surface area contributed by atoms with Crippen LogP contribution in [-0.4, -0.2) is 39.8 Å². The van der Waals surface area contributed by atoms with Crippen molar-refractivity contribution in [3.8, 4) is 5.75 Å². The first-order valence-electron chi connectivity index (χ1n) is 7.78. The lowest BCUT2D eigenvalue weighted by Crippen LogP contribution is -2.29. The number of benzene rings is 1. The predicted octanol–water partition coefficient (Wildman–Crippen LogP) is 2.32. The van der Waals surface area contributed by atoms with Crippen LogP contribution < -0.4 is 15.4 Å². The standard InChI is InChI=1S/C16H20N4O5S/c1-16(2,3)19-15-18-14(22)12(26-15)8-13(21)17-10-7-9(20(23)24)5-6-11(10)25-4/h5-7,12H,8H2,1-4H3,(H,17,21)(H,18,19,22)/t12-/m0/s1. The highest BCUT2D eigenvalue weighted by atomic mass is 32.2. The van der Waals surface area contributed by atoms with Crippen LogP contribution >= 0.6 is 11.8 Å². The van der Waals surface area contributed by atoms with Crippen molar-refractivity contribution in [3.63, 3.8) is 0 Å². The first-order valence-corrected chi connectivity index (χ1v) is 8.66. The van der Waals surface area contributed by atoms with E-state index in [0.29, 0.717) is 10.9 Å². The number of carbonyl (C=O) groups excluding carboxylic acids is 2. The number of nitrogens with one attached hydrogen (secondary N) is 2. The van der Waals surface area contributed by atoms with Gasteiger partial charge in [0, 0.05) is 18.6 Å². The van der Waals surface area contributed by atoms with Crippen LogP contribution in [0.15, 0.2) is 23.2 Å². The Labute approximate surface area is 154 Å². The summed E-state index contributed by atoms with van der Waals surface area (Å²) in [7, 11) is 1.40. The van der Waals surface area contributed by atoms with E-state index in [9.17, 15) is 19.7 Å². The number of anilines is 1. The Balaban J connectivity index is 2.07.